The maximum atomic E-state index is 12.8. The van der Waals surface area contributed by atoms with Gasteiger partial charge in [-0.2, -0.15) is 0 Å². The highest BCUT2D eigenvalue weighted by molar-refractivity contribution is 5.92. The van der Waals surface area contributed by atoms with Crippen LogP contribution in [0.1, 0.15) is 79.1 Å². The van der Waals surface area contributed by atoms with Crippen molar-refractivity contribution >= 4 is 17.6 Å². The van der Waals surface area contributed by atoms with Gasteiger partial charge in [0.05, 0.1) is 11.6 Å². The first-order valence-corrected chi connectivity index (χ1v) is 12.4. The van der Waals surface area contributed by atoms with E-state index in [1.807, 2.05) is 50.6 Å². The van der Waals surface area contributed by atoms with Crippen molar-refractivity contribution < 1.29 is 14.4 Å². The van der Waals surface area contributed by atoms with Gasteiger partial charge in [0.1, 0.15) is 6.04 Å². The van der Waals surface area contributed by atoms with Crippen molar-refractivity contribution in [1.29, 1.82) is 0 Å². The number of unbranched alkanes of at least 4 members (excludes halogenated alkanes) is 1. The van der Waals surface area contributed by atoms with E-state index in [4.69, 9.17) is 0 Å². The fourth-order valence-electron chi connectivity index (χ4n) is 4.09. The first kappa shape index (κ1) is 28.1. The Hall–Kier alpha value is -3.10. The lowest BCUT2D eigenvalue weighted by Crippen LogP contribution is -2.54. The smallest absolute Gasteiger partial charge is 0.243 e. The van der Waals surface area contributed by atoms with Gasteiger partial charge in [0.15, 0.2) is 11.6 Å². The zero-order chi connectivity index (χ0) is 26.2. The second-order valence-corrected chi connectivity index (χ2v) is 10.3. The van der Waals surface area contributed by atoms with Gasteiger partial charge in [0.25, 0.3) is 0 Å². The second-order valence-electron chi connectivity index (χ2n) is 10.3. The van der Waals surface area contributed by atoms with Gasteiger partial charge >= 0.3 is 0 Å². The summed E-state index contributed by atoms with van der Waals surface area (Å²) in [5, 5.41) is 17.9. The molecule has 0 aliphatic carbocycles. The van der Waals surface area contributed by atoms with Crippen LogP contribution in [0, 0.1) is 11.8 Å². The number of nitrogens with one attached hydrogen (secondary N) is 2. The molecule has 1 heterocycles. The fourth-order valence-corrected chi connectivity index (χ4v) is 4.09. The summed E-state index contributed by atoms with van der Waals surface area (Å²) < 4.78 is 1.84. The summed E-state index contributed by atoms with van der Waals surface area (Å²) in [5.41, 5.74) is 0.707. The van der Waals surface area contributed by atoms with Crippen LogP contribution in [0.2, 0.25) is 0 Å². The van der Waals surface area contributed by atoms with Crippen molar-refractivity contribution in [1.82, 2.24) is 30.8 Å². The third-order valence-corrected chi connectivity index (χ3v) is 6.27. The highest BCUT2D eigenvalue weighted by atomic mass is 16.2. The molecular formula is C26H40N6O3. The van der Waals surface area contributed by atoms with Crippen LogP contribution in [-0.4, -0.2) is 49.9 Å². The summed E-state index contributed by atoms with van der Waals surface area (Å²) in [6, 6.07) is 8.81. The molecule has 1 aromatic carbocycles. The quantitative estimate of drug-likeness (QED) is 0.422. The minimum atomic E-state index is -0.693. The van der Waals surface area contributed by atoms with Gasteiger partial charge in [0.2, 0.25) is 11.8 Å². The summed E-state index contributed by atoms with van der Waals surface area (Å²) >= 11 is 0. The summed E-state index contributed by atoms with van der Waals surface area (Å²) in [7, 11) is 0. The van der Waals surface area contributed by atoms with Crippen molar-refractivity contribution in [2.75, 3.05) is 0 Å². The molecule has 1 aromatic heterocycles. The highest BCUT2D eigenvalue weighted by Gasteiger charge is 2.29. The Kier molecular flexibility index (Phi) is 10.1. The molecular weight excluding hydrogens is 444 g/mol. The van der Waals surface area contributed by atoms with Crippen LogP contribution in [0.4, 0.5) is 0 Å². The lowest BCUT2D eigenvalue weighted by Gasteiger charge is -2.26. The van der Waals surface area contributed by atoms with E-state index < -0.39 is 17.6 Å². The topological polar surface area (TPSA) is 119 Å². The van der Waals surface area contributed by atoms with Crippen molar-refractivity contribution in [2.45, 2.75) is 91.8 Å². The fraction of sp³-hybridized carbons (Fsp3) is 0.615. The second kappa shape index (κ2) is 12.6. The Morgan fingerprint density at radius 3 is 2.14 bits per heavy atom. The number of carbonyl (C=O) groups is 3. The van der Waals surface area contributed by atoms with Crippen LogP contribution in [-0.2, 0) is 26.3 Å². The molecule has 192 valence electrons. The lowest BCUT2D eigenvalue weighted by molar-refractivity contribution is -0.132. The Morgan fingerprint density at radius 1 is 0.943 bits per heavy atom. The summed E-state index contributed by atoms with van der Waals surface area (Å²) in [6.45, 7) is 13.1. The number of carbonyl (C=O) groups excluding carboxylic acids is 3. The molecule has 0 fully saturated rings. The molecule has 9 nitrogen and oxygen atoms in total. The molecule has 0 saturated carbocycles. The van der Waals surface area contributed by atoms with Gasteiger partial charge in [-0.3, -0.25) is 14.4 Å². The van der Waals surface area contributed by atoms with Crippen LogP contribution in [0.15, 0.2) is 30.3 Å². The number of ketones is 1. The molecule has 2 atom stereocenters. The van der Waals surface area contributed by atoms with Crippen LogP contribution in [0.25, 0.3) is 0 Å². The number of benzene rings is 1. The first-order valence-electron chi connectivity index (χ1n) is 12.4. The molecule has 0 bridgehead atoms. The average Bonchev–Trinajstić information content (AvgIpc) is 3.28. The van der Waals surface area contributed by atoms with E-state index >= 15 is 0 Å². The third-order valence-electron chi connectivity index (χ3n) is 6.27. The Labute approximate surface area is 208 Å². The number of rotatable bonds is 13. The van der Waals surface area contributed by atoms with Gasteiger partial charge in [-0.1, -0.05) is 58.0 Å². The molecule has 0 radical (unpaired) electrons. The average molecular weight is 485 g/mol. The standard InChI is InChI=1S/C26H40N6O3/c1-17(2)23(19(5)33)28-25(35)24(18(3)4)27-22(34)16-12-11-15-21-29-30-31-32(21)26(6,7)20-13-9-8-10-14-20/h8-10,13-14,17-18,23-24H,11-12,15-16H2,1-7H3,(H,27,34)(H,28,35)/t23-,24-/m0/s1. The molecule has 0 aliphatic rings. The van der Waals surface area contributed by atoms with Crippen LogP contribution in [0.3, 0.4) is 0 Å². The number of nitrogens with zero attached hydrogens (tertiary/aromatic N) is 4. The molecule has 35 heavy (non-hydrogen) atoms. The molecule has 9 heteroatoms. The molecule has 2 N–H and O–H groups in total. The molecule has 2 amide bonds. The van der Waals surface area contributed by atoms with E-state index in [0.717, 1.165) is 17.8 Å². The number of Topliss-reactive ketones (excluding diaryl/α,β-unsaturated/α-hetero) is 1. The van der Waals surface area contributed by atoms with E-state index in [1.54, 1.807) is 0 Å². The zero-order valence-electron chi connectivity index (χ0n) is 22.0. The van der Waals surface area contributed by atoms with Crippen molar-refractivity contribution in [2.24, 2.45) is 11.8 Å². The molecule has 0 unspecified atom stereocenters. The van der Waals surface area contributed by atoms with Crippen LogP contribution in [0.5, 0.6) is 0 Å². The number of hydrogen-bond donors (Lipinski definition) is 2. The Balaban J connectivity index is 1.90. The minimum Gasteiger partial charge on any atom is -0.344 e. The number of aryl methyl sites for hydroxylation is 1. The van der Waals surface area contributed by atoms with E-state index in [0.29, 0.717) is 19.3 Å². The molecule has 2 aromatic rings. The van der Waals surface area contributed by atoms with E-state index in [9.17, 15) is 14.4 Å². The van der Waals surface area contributed by atoms with Crippen LogP contribution < -0.4 is 10.6 Å². The van der Waals surface area contributed by atoms with Gasteiger partial charge in [-0.15, -0.1) is 5.10 Å². The zero-order valence-corrected chi connectivity index (χ0v) is 22.0. The number of hydrogen-bond acceptors (Lipinski definition) is 6. The largest absolute Gasteiger partial charge is 0.344 e. The third kappa shape index (κ3) is 7.70. The molecule has 0 saturated heterocycles. The number of amides is 2. The van der Waals surface area contributed by atoms with Gasteiger partial charge in [-0.05, 0) is 61.4 Å². The van der Waals surface area contributed by atoms with Crippen molar-refractivity contribution in [3.8, 4) is 0 Å². The number of tetrazole rings is 1. The monoisotopic (exact) mass is 484 g/mol. The lowest BCUT2D eigenvalue weighted by atomic mass is 9.94. The Bertz CT molecular complexity index is 984. The maximum absolute atomic E-state index is 12.8. The van der Waals surface area contributed by atoms with Crippen LogP contribution >= 0.6 is 0 Å². The predicted molar refractivity (Wildman–Crippen MR) is 134 cm³/mol. The number of aromatic nitrogens is 4. The maximum Gasteiger partial charge on any atom is 0.243 e. The molecule has 0 spiro atoms. The summed E-state index contributed by atoms with van der Waals surface area (Å²) in [4.78, 5) is 37.2. The van der Waals surface area contributed by atoms with Crippen molar-refractivity contribution in [3.05, 3.63) is 41.7 Å². The van der Waals surface area contributed by atoms with Gasteiger partial charge in [0, 0.05) is 12.8 Å². The summed E-state index contributed by atoms with van der Waals surface area (Å²) in [5.74, 6) is 0.0195. The highest BCUT2D eigenvalue weighted by Crippen LogP contribution is 2.25. The van der Waals surface area contributed by atoms with E-state index in [-0.39, 0.29) is 29.4 Å². The van der Waals surface area contributed by atoms with E-state index in [2.05, 4.69) is 52.1 Å². The van der Waals surface area contributed by atoms with E-state index in [1.165, 1.54) is 6.92 Å². The minimum absolute atomic E-state index is 0.0247. The SMILES string of the molecule is CC(=O)[C@@H](NC(=O)[C@@H](NC(=O)CCCCc1nnnn1C(C)(C)c1ccccc1)C(C)C)C(C)C. The van der Waals surface area contributed by atoms with Crippen molar-refractivity contribution in [3.63, 3.8) is 0 Å². The Morgan fingerprint density at radius 2 is 1.57 bits per heavy atom. The molecule has 0 aliphatic heterocycles. The first-order chi connectivity index (χ1) is 16.4. The molecule has 2 rings (SSSR count). The van der Waals surface area contributed by atoms with Gasteiger partial charge in [-0.25, -0.2) is 4.68 Å². The van der Waals surface area contributed by atoms with Gasteiger partial charge < -0.3 is 10.6 Å². The predicted octanol–water partition coefficient (Wildman–Crippen LogP) is 3.04. The normalized spacial score (nSPS) is 13.5. The summed E-state index contributed by atoms with van der Waals surface area (Å²) in [6.07, 6.45) is 2.30.